The predicted molar refractivity (Wildman–Crippen MR) is 107 cm³/mol. The number of benzene rings is 2. The molecule has 0 atom stereocenters. The second-order valence-electron chi connectivity index (χ2n) is 6.01. The molecule has 7 nitrogen and oxygen atoms in total. The van der Waals surface area contributed by atoms with Crippen molar-refractivity contribution in [3.63, 3.8) is 0 Å². The fourth-order valence-corrected chi connectivity index (χ4v) is 2.98. The van der Waals surface area contributed by atoms with E-state index in [1.165, 1.54) is 12.1 Å². The highest BCUT2D eigenvalue weighted by atomic mass is 79.9. The minimum absolute atomic E-state index is 0.0313. The lowest BCUT2D eigenvalue weighted by molar-refractivity contribution is -0.122. The summed E-state index contributed by atoms with van der Waals surface area (Å²) >= 11 is 3.18. The molecule has 0 bridgehead atoms. The first kappa shape index (κ1) is 19.6. The summed E-state index contributed by atoms with van der Waals surface area (Å²) in [5, 5.41) is 11.7. The molecule has 0 aromatic heterocycles. The van der Waals surface area contributed by atoms with Gasteiger partial charge in [0.2, 0.25) is 0 Å². The fraction of sp³-hybridized carbons (Fsp3) is 0.150. The Bertz CT molecular complexity index is 969. The molecule has 3 rings (SSSR count). The number of aromatic hydroxyl groups is 1. The van der Waals surface area contributed by atoms with Gasteiger partial charge in [-0.2, -0.15) is 0 Å². The first-order chi connectivity index (χ1) is 13.4. The van der Waals surface area contributed by atoms with Gasteiger partial charge in [0.25, 0.3) is 11.8 Å². The van der Waals surface area contributed by atoms with Crippen molar-refractivity contribution in [3.05, 3.63) is 58.1 Å². The summed E-state index contributed by atoms with van der Waals surface area (Å²) in [6, 6.07) is 10.2. The first-order valence-electron chi connectivity index (χ1n) is 8.53. The zero-order valence-electron chi connectivity index (χ0n) is 14.9. The van der Waals surface area contributed by atoms with Crippen LogP contribution >= 0.6 is 15.9 Å². The first-order valence-corrected chi connectivity index (χ1v) is 9.33. The number of phenolic OH excluding ortho intramolecular Hbond substituents is 1. The number of barbiturate groups is 1. The van der Waals surface area contributed by atoms with Crippen LogP contribution < -0.4 is 15.0 Å². The van der Waals surface area contributed by atoms with Crippen molar-refractivity contribution < 1.29 is 24.2 Å². The van der Waals surface area contributed by atoms with Gasteiger partial charge >= 0.3 is 6.03 Å². The van der Waals surface area contributed by atoms with Gasteiger partial charge in [-0.3, -0.25) is 14.9 Å². The monoisotopic (exact) mass is 444 g/mol. The normalized spacial score (nSPS) is 15.7. The number of anilines is 1. The maximum Gasteiger partial charge on any atom is 0.335 e. The van der Waals surface area contributed by atoms with Gasteiger partial charge in [0, 0.05) is 0 Å². The van der Waals surface area contributed by atoms with Crippen LogP contribution in [-0.4, -0.2) is 29.6 Å². The molecule has 1 fully saturated rings. The van der Waals surface area contributed by atoms with Gasteiger partial charge in [-0.1, -0.05) is 13.0 Å². The van der Waals surface area contributed by atoms with E-state index in [-0.39, 0.29) is 11.3 Å². The molecule has 1 aliphatic heterocycles. The second-order valence-corrected chi connectivity index (χ2v) is 6.87. The highest BCUT2D eigenvalue weighted by Gasteiger charge is 2.36. The smallest absolute Gasteiger partial charge is 0.335 e. The van der Waals surface area contributed by atoms with E-state index < -0.39 is 17.8 Å². The maximum absolute atomic E-state index is 12.8. The van der Waals surface area contributed by atoms with Crippen molar-refractivity contribution in [3.8, 4) is 11.5 Å². The lowest BCUT2D eigenvalue weighted by Crippen LogP contribution is -2.54. The lowest BCUT2D eigenvalue weighted by Gasteiger charge is -2.26. The van der Waals surface area contributed by atoms with E-state index in [2.05, 4.69) is 21.2 Å². The molecule has 2 N–H and O–H groups in total. The van der Waals surface area contributed by atoms with Crippen LogP contribution in [0.5, 0.6) is 11.5 Å². The highest BCUT2D eigenvalue weighted by molar-refractivity contribution is 9.10. The van der Waals surface area contributed by atoms with E-state index in [1.54, 1.807) is 36.4 Å². The summed E-state index contributed by atoms with van der Waals surface area (Å²) in [6.07, 6.45) is 2.22. The number of carbonyl (C=O) groups is 3. The Kier molecular flexibility index (Phi) is 5.79. The molecular weight excluding hydrogens is 428 g/mol. The van der Waals surface area contributed by atoms with E-state index in [9.17, 15) is 19.5 Å². The number of hydrogen-bond donors (Lipinski definition) is 2. The van der Waals surface area contributed by atoms with Crippen molar-refractivity contribution in [2.24, 2.45) is 0 Å². The number of carbonyl (C=O) groups excluding carboxylic acids is 3. The molecule has 1 aliphatic rings. The van der Waals surface area contributed by atoms with Gasteiger partial charge < -0.3 is 9.84 Å². The lowest BCUT2D eigenvalue weighted by atomic mass is 10.1. The number of ether oxygens (including phenoxy) is 1. The van der Waals surface area contributed by atoms with Crippen molar-refractivity contribution >= 4 is 45.5 Å². The third-order valence-electron chi connectivity index (χ3n) is 3.95. The van der Waals surface area contributed by atoms with E-state index in [4.69, 9.17) is 4.74 Å². The third kappa shape index (κ3) is 4.07. The van der Waals surface area contributed by atoms with Crippen LogP contribution in [0.15, 0.2) is 52.5 Å². The Labute approximate surface area is 169 Å². The molecule has 1 saturated heterocycles. The van der Waals surface area contributed by atoms with Crippen molar-refractivity contribution in [1.29, 1.82) is 0 Å². The zero-order chi connectivity index (χ0) is 20.3. The predicted octanol–water partition coefficient (Wildman–Crippen LogP) is 3.61. The Morgan fingerprint density at radius 3 is 2.50 bits per heavy atom. The molecule has 2 aromatic rings. The molecule has 0 saturated carbocycles. The topological polar surface area (TPSA) is 95.9 Å². The van der Waals surface area contributed by atoms with Crippen LogP contribution in [0.1, 0.15) is 18.9 Å². The fourth-order valence-electron chi connectivity index (χ4n) is 2.58. The van der Waals surface area contributed by atoms with E-state index in [0.29, 0.717) is 28.1 Å². The van der Waals surface area contributed by atoms with Crippen LogP contribution in [0.2, 0.25) is 0 Å². The summed E-state index contributed by atoms with van der Waals surface area (Å²) in [6.45, 7) is 2.55. The number of hydrogen-bond acceptors (Lipinski definition) is 5. The van der Waals surface area contributed by atoms with E-state index in [1.807, 2.05) is 6.92 Å². The molecule has 0 aliphatic carbocycles. The number of amides is 4. The molecule has 4 amide bonds. The highest BCUT2D eigenvalue weighted by Crippen LogP contribution is 2.27. The van der Waals surface area contributed by atoms with E-state index in [0.717, 1.165) is 11.3 Å². The SMILES string of the molecule is CCCOc1ccc(N2C(=O)NC(=O)/C(=C/c3ccc(O)c(Br)c3)C2=O)cc1. The van der Waals surface area contributed by atoms with Gasteiger partial charge in [0.1, 0.15) is 17.1 Å². The minimum atomic E-state index is -0.818. The van der Waals surface area contributed by atoms with Gasteiger partial charge in [0.15, 0.2) is 0 Å². The average Bonchev–Trinajstić information content (AvgIpc) is 2.67. The van der Waals surface area contributed by atoms with Crippen molar-refractivity contribution in [2.75, 3.05) is 11.5 Å². The van der Waals surface area contributed by atoms with Crippen LogP contribution in [0.3, 0.4) is 0 Å². The summed E-state index contributed by atoms with van der Waals surface area (Å²) in [5.74, 6) is -0.862. The van der Waals surface area contributed by atoms with Crippen LogP contribution in [0.25, 0.3) is 6.08 Å². The zero-order valence-corrected chi connectivity index (χ0v) is 16.5. The van der Waals surface area contributed by atoms with Crippen LogP contribution in [0, 0.1) is 0 Å². The second kappa shape index (κ2) is 8.26. The average molecular weight is 445 g/mol. The molecule has 1 heterocycles. The molecule has 2 aromatic carbocycles. The van der Waals surface area contributed by atoms with Gasteiger partial charge in [-0.05, 0) is 70.4 Å². The summed E-state index contributed by atoms with van der Waals surface area (Å²) in [5.41, 5.74) is 0.640. The Balaban J connectivity index is 1.91. The molecule has 0 radical (unpaired) electrons. The largest absolute Gasteiger partial charge is 0.507 e. The molecule has 144 valence electrons. The number of nitrogens with one attached hydrogen (secondary N) is 1. The van der Waals surface area contributed by atoms with Gasteiger partial charge in [-0.25, -0.2) is 9.69 Å². The summed E-state index contributed by atoms with van der Waals surface area (Å²) < 4.78 is 5.91. The number of phenols is 1. The number of halogens is 1. The van der Waals surface area contributed by atoms with Crippen LogP contribution in [0.4, 0.5) is 10.5 Å². The number of urea groups is 1. The molecule has 0 unspecified atom stereocenters. The van der Waals surface area contributed by atoms with Crippen molar-refractivity contribution in [1.82, 2.24) is 5.32 Å². The Morgan fingerprint density at radius 1 is 1.14 bits per heavy atom. The molecule has 0 spiro atoms. The van der Waals surface area contributed by atoms with Crippen LogP contribution in [-0.2, 0) is 9.59 Å². The number of nitrogens with zero attached hydrogens (tertiary/aromatic N) is 1. The third-order valence-corrected chi connectivity index (χ3v) is 4.59. The maximum atomic E-state index is 12.8. The molecule has 28 heavy (non-hydrogen) atoms. The standard InChI is InChI=1S/C20H17BrN2O5/c1-2-9-28-14-6-4-13(5-7-14)23-19(26)15(18(25)22-20(23)27)10-12-3-8-17(24)16(21)11-12/h3-8,10-11,24H,2,9H2,1H3,(H,22,25,27)/b15-10-. The summed E-state index contributed by atoms with van der Waals surface area (Å²) in [4.78, 5) is 38.2. The van der Waals surface area contributed by atoms with Gasteiger partial charge in [-0.15, -0.1) is 0 Å². The Morgan fingerprint density at radius 2 is 1.86 bits per heavy atom. The summed E-state index contributed by atoms with van der Waals surface area (Å²) in [7, 11) is 0. The number of rotatable bonds is 5. The van der Waals surface area contributed by atoms with E-state index >= 15 is 0 Å². The number of imide groups is 2. The minimum Gasteiger partial charge on any atom is -0.507 e. The molecule has 8 heteroatoms. The van der Waals surface area contributed by atoms with Gasteiger partial charge in [0.05, 0.1) is 16.8 Å². The van der Waals surface area contributed by atoms with Crippen molar-refractivity contribution in [2.45, 2.75) is 13.3 Å². The quantitative estimate of drug-likeness (QED) is 0.542. The molecular formula is C20H17BrN2O5. The Hall–Kier alpha value is -3.13.